The van der Waals surface area contributed by atoms with Crippen LogP contribution in [-0.2, 0) is 4.79 Å². The van der Waals surface area contributed by atoms with Crippen LogP contribution >= 0.6 is 0 Å². The van der Waals surface area contributed by atoms with E-state index in [1.807, 2.05) is 0 Å². The number of carbonyl (C=O) groups is 1. The molecule has 112 valence electrons. The van der Waals surface area contributed by atoms with Crippen molar-refractivity contribution in [3.05, 3.63) is 0 Å². The molecule has 1 amide bonds. The van der Waals surface area contributed by atoms with Crippen molar-refractivity contribution in [1.29, 1.82) is 0 Å². The van der Waals surface area contributed by atoms with Gasteiger partial charge in [-0.15, -0.1) is 0 Å². The van der Waals surface area contributed by atoms with Crippen LogP contribution in [0, 0.1) is 11.8 Å². The maximum Gasteiger partial charge on any atom is 0.426 e. The number of aliphatic hydroxyl groups is 1. The first-order chi connectivity index (χ1) is 8.41. The molecule has 0 unspecified atom stereocenters. The summed E-state index contributed by atoms with van der Waals surface area (Å²) < 4.78 is 75.5. The molecule has 0 radical (unpaired) electrons. The smallest absolute Gasteiger partial charge is 0.373 e. The number of amides is 1. The topological polar surface area (TPSA) is 63.3 Å². The molecule has 0 heterocycles. The lowest BCUT2D eigenvalue weighted by molar-refractivity contribution is -0.387. The van der Waals surface area contributed by atoms with Crippen molar-refractivity contribution >= 4 is 5.91 Å². The Morgan fingerprint density at radius 1 is 0.947 bits per heavy atom. The minimum atomic E-state index is -5.81. The number of rotatable bonds is 2. The molecule has 0 aliphatic heterocycles. The maximum atomic E-state index is 12.6. The highest BCUT2D eigenvalue weighted by Crippen LogP contribution is 2.52. The van der Waals surface area contributed by atoms with Crippen molar-refractivity contribution in [3.8, 4) is 0 Å². The standard InChI is InChI=1S/C10H13F6NO2/c11-9(12,13)8(19,10(14,15)16)6-3-1-5(2-4-6)7(17)18/h5-6,19H,1-4H2,(H2,17,18). The molecule has 0 aromatic heterocycles. The van der Waals surface area contributed by atoms with Gasteiger partial charge in [0.25, 0.3) is 5.60 Å². The summed E-state index contributed by atoms with van der Waals surface area (Å²) >= 11 is 0. The molecule has 1 fully saturated rings. The Morgan fingerprint density at radius 3 is 1.58 bits per heavy atom. The molecule has 0 saturated heterocycles. The molecule has 0 aromatic rings. The molecule has 1 aliphatic carbocycles. The summed E-state index contributed by atoms with van der Waals surface area (Å²) in [6.07, 6.45) is -13.1. The van der Waals surface area contributed by atoms with E-state index in [9.17, 15) is 31.1 Å². The number of hydrogen-bond donors (Lipinski definition) is 2. The highest BCUT2D eigenvalue weighted by atomic mass is 19.4. The highest BCUT2D eigenvalue weighted by Gasteiger charge is 2.73. The fourth-order valence-electron chi connectivity index (χ4n) is 2.42. The Bertz CT molecular complexity index is 329. The summed E-state index contributed by atoms with van der Waals surface area (Å²) in [5.41, 5.74) is 0.214. The van der Waals surface area contributed by atoms with Crippen LogP contribution in [0.4, 0.5) is 26.3 Å². The third-order valence-corrected chi connectivity index (χ3v) is 3.58. The van der Waals surface area contributed by atoms with Gasteiger partial charge in [-0.25, -0.2) is 0 Å². The molecule has 0 bridgehead atoms. The molecular weight excluding hydrogens is 280 g/mol. The monoisotopic (exact) mass is 293 g/mol. The predicted molar refractivity (Wildman–Crippen MR) is 51.7 cm³/mol. The van der Waals surface area contributed by atoms with E-state index in [1.165, 1.54) is 0 Å². The Morgan fingerprint density at radius 2 is 1.32 bits per heavy atom. The highest BCUT2D eigenvalue weighted by molar-refractivity contribution is 5.76. The van der Waals surface area contributed by atoms with Crippen LogP contribution in [0.15, 0.2) is 0 Å². The van der Waals surface area contributed by atoms with Gasteiger partial charge in [0.1, 0.15) is 0 Å². The maximum absolute atomic E-state index is 12.6. The predicted octanol–water partition coefficient (Wildman–Crippen LogP) is 2.13. The molecule has 3 N–H and O–H groups in total. The largest absolute Gasteiger partial charge is 0.426 e. The van der Waals surface area contributed by atoms with Crippen LogP contribution < -0.4 is 5.73 Å². The quantitative estimate of drug-likeness (QED) is 0.766. The summed E-state index contributed by atoms with van der Waals surface area (Å²) in [4.78, 5) is 10.8. The van der Waals surface area contributed by atoms with Crippen molar-refractivity contribution in [2.75, 3.05) is 0 Å². The van der Waals surface area contributed by atoms with Gasteiger partial charge in [0.15, 0.2) is 0 Å². The second-order valence-electron chi connectivity index (χ2n) is 4.71. The van der Waals surface area contributed by atoms with Gasteiger partial charge in [-0.05, 0) is 25.7 Å². The van der Waals surface area contributed by atoms with Crippen molar-refractivity contribution in [1.82, 2.24) is 0 Å². The molecule has 1 aliphatic rings. The van der Waals surface area contributed by atoms with Crippen LogP contribution in [0.25, 0.3) is 0 Å². The molecule has 0 spiro atoms. The second-order valence-corrected chi connectivity index (χ2v) is 4.71. The zero-order valence-corrected chi connectivity index (χ0v) is 9.68. The average Bonchev–Trinajstić information content (AvgIpc) is 2.25. The molecular formula is C10H13F6NO2. The fourth-order valence-corrected chi connectivity index (χ4v) is 2.42. The lowest BCUT2D eigenvalue weighted by atomic mass is 9.72. The first-order valence-corrected chi connectivity index (χ1v) is 5.56. The number of alkyl halides is 6. The Kier molecular flexibility index (Phi) is 4.09. The zero-order valence-electron chi connectivity index (χ0n) is 9.68. The van der Waals surface area contributed by atoms with Crippen molar-refractivity contribution < 1.29 is 36.2 Å². The van der Waals surface area contributed by atoms with E-state index in [0.29, 0.717) is 0 Å². The van der Waals surface area contributed by atoms with E-state index in [1.54, 1.807) is 0 Å². The Hall–Kier alpha value is -0.990. The lowest BCUT2D eigenvalue weighted by Gasteiger charge is -2.41. The van der Waals surface area contributed by atoms with E-state index in [-0.39, 0.29) is 12.8 Å². The van der Waals surface area contributed by atoms with E-state index in [2.05, 4.69) is 0 Å². The van der Waals surface area contributed by atoms with Gasteiger partial charge in [-0.3, -0.25) is 4.79 Å². The average molecular weight is 293 g/mol. The number of carbonyl (C=O) groups excluding carboxylic acids is 1. The van der Waals surface area contributed by atoms with Gasteiger partial charge in [0.05, 0.1) is 0 Å². The van der Waals surface area contributed by atoms with E-state index < -0.39 is 48.5 Å². The molecule has 3 nitrogen and oxygen atoms in total. The minimum Gasteiger partial charge on any atom is -0.373 e. The van der Waals surface area contributed by atoms with Gasteiger partial charge >= 0.3 is 12.4 Å². The first kappa shape index (κ1) is 16.1. The first-order valence-electron chi connectivity index (χ1n) is 5.56. The van der Waals surface area contributed by atoms with E-state index >= 15 is 0 Å². The SMILES string of the molecule is NC(=O)C1CCC(C(O)(C(F)(F)F)C(F)(F)F)CC1. The number of nitrogens with two attached hydrogens (primary N) is 1. The fraction of sp³-hybridized carbons (Fsp3) is 0.900. The molecule has 1 rings (SSSR count). The zero-order chi connectivity index (χ0) is 15.1. The Labute approximate surface area is 104 Å². The minimum absolute atomic E-state index is 0.186. The summed E-state index contributed by atoms with van der Waals surface area (Å²) in [7, 11) is 0. The Balaban J connectivity index is 2.95. The third kappa shape index (κ3) is 2.80. The van der Waals surface area contributed by atoms with Crippen LogP contribution in [0.1, 0.15) is 25.7 Å². The van der Waals surface area contributed by atoms with E-state index in [0.717, 1.165) is 0 Å². The number of halogens is 6. The van der Waals surface area contributed by atoms with Crippen molar-refractivity contribution in [2.24, 2.45) is 17.6 Å². The van der Waals surface area contributed by atoms with Gasteiger partial charge in [0, 0.05) is 11.8 Å². The molecule has 1 saturated carbocycles. The van der Waals surface area contributed by atoms with Crippen molar-refractivity contribution in [3.63, 3.8) is 0 Å². The van der Waals surface area contributed by atoms with Gasteiger partial charge < -0.3 is 10.8 Å². The molecule has 0 aromatic carbocycles. The second kappa shape index (κ2) is 4.84. The normalized spacial score (nSPS) is 26.3. The summed E-state index contributed by atoms with van der Waals surface area (Å²) in [5, 5.41) is 9.17. The van der Waals surface area contributed by atoms with Crippen LogP contribution in [0.2, 0.25) is 0 Å². The molecule has 19 heavy (non-hydrogen) atoms. The third-order valence-electron chi connectivity index (χ3n) is 3.58. The van der Waals surface area contributed by atoms with Gasteiger partial charge in [0.2, 0.25) is 5.91 Å². The van der Waals surface area contributed by atoms with Crippen LogP contribution in [0.3, 0.4) is 0 Å². The van der Waals surface area contributed by atoms with Gasteiger partial charge in [-0.2, -0.15) is 26.3 Å². The summed E-state index contributed by atoms with van der Waals surface area (Å²) in [5.74, 6) is -3.49. The van der Waals surface area contributed by atoms with E-state index in [4.69, 9.17) is 10.8 Å². The van der Waals surface area contributed by atoms with Gasteiger partial charge in [-0.1, -0.05) is 0 Å². The summed E-state index contributed by atoms with van der Waals surface area (Å²) in [6, 6.07) is 0. The van der Waals surface area contributed by atoms with Crippen molar-refractivity contribution in [2.45, 2.75) is 43.6 Å². The number of primary amides is 1. The van der Waals surface area contributed by atoms with Crippen LogP contribution in [-0.4, -0.2) is 29.0 Å². The summed E-state index contributed by atoms with van der Waals surface area (Å²) in [6.45, 7) is 0. The molecule has 0 atom stereocenters. The van der Waals surface area contributed by atoms with Crippen LogP contribution in [0.5, 0.6) is 0 Å². The number of hydrogen-bond acceptors (Lipinski definition) is 2. The lowest BCUT2D eigenvalue weighted by Crippen LogP contribution is -2.62. The molecule has 9 heteroatoms.